The van der Waals surface area contributed by atoms with Crippen molar-refractivity contribution in [2.24, 2.45) is 23.7 Å². The molecule has 0 heterocycles. The Morgan fingerprint density at radius 2 is 0.552 bits per heavy atom. The number of phosphoric acid groups is 2. The van der Waals surface area contributed by atoms with Gasteiger partial charge in [-0.2, -0.15) is 0 Å². The standard InChI is InChI=1S/C68H132O17P2/c1-9-60(7)46-38-30-24-26-33-41-49-66(71)79-55-63(84-67(72)50-42-34-23-17-15-13-11-12-14-16-20-28-36-44-58(3)4)56-82-86(74,75)80-52-62(69)53-81-87(76,77)83-57-64(85-68(73)51-43-35-27-25-31-39-47-61(8)10-2)54-78-65(70)48-40-32-22-19-18-21-29-37-45-59(5)6/h58-64,69H,9-57H2,1-8H3,(H,74,75)(H,76,77)/t60?,61?,62?,63-,64-/m1/s1. The predicted molar refractivity (Wildman–Crippen MR) is 349 cm³/mol. The van der Waals surface area contributed by atoms with Crippen molar-refractivity contribution in [2.75, 3.05) is 39.6 Å². The van der Waals surface area contributed by atoms with Gasteiger partial charge in [-0.1, -0.05) is 280 Å². The summed E-state index contributed by atoms with van der Waals surface area (Å²) in [5.41, 5.74) is 0. The molecule has 0 rings (SSSR count). The van der Waals surface area contributed by atoms with Crippen molar-refractivity contribution in [1.82, 2.24) is 0 Å². The van der Waals surface area contributed by atoms with Gasteiger partial charge in [-0.15, -0.1) is 0 Å². The minimum atomic E-state index is -4.95. The van der Waals surface area contributed by atoms with Gasteiger partial charge in [0.05, 0.1) is 26.4 Å². The van der Waals surface area contributed by atoms with Crippen molar-refractivity contribution in [3.63, 3.8) is 0 Å². The molecule has 0 aliphatic rings. The van der Waals surface area contributed by atoms with Gasteiger partial charge in [0.25, 0.3) is 0 Å². The van der Waals surface area contributed by atoms with Crippen LogP contribution in [-0.2, 0) is 65.4 Å². The summed E-state index contributed by atoms with van der Waals surface area (Å²) in [5.74, 6) is 0.828. The molecule has 5 unspecified atom stereocenters. The second kappa shape index (κ2) is 57.9. The summed E-state index contributed by atoms with van der Waals surface area (Å²) in [6, 6.07) is 0. The normalized spacial score (nSPS) is 15.0. The number of unbranched alkanes of at least 4 members (excludes halogenated alkanes) is 29. The fourth-order valence-corrected chi connectivity index (χ4v) is 11.7. The quantitative estimate of drug-likeness (QED) is 0.0222. The van der Waals surface area contributed by atoms with Crippen LogP contribution in [0.4, 0.5) is 0 Å². The van der Waals surface area contributed by atoms with Crippen molar-refractivity contribution in [3.05, 3.63) is 0 Å². The first-order chi connectivity index (χ1) is 41.7. The van der Waals surface area contributed by atoms with E-state index in [4.69, 9.17) is 37.0 Å². The highest BCUT2D eigenvalue weighted by Crippen LogP contribution is 2.45. The summed E-state index contributed by atoms with van der Waals surface area (Å²) in [4.78, 5) is 72.4. The molecular formula is C68H132O17P2. The molecule has 87 heavy (non-hydrogen) atoms. The molecule has 0 bridgehead atoms. The first-order valence-electron chi connectivity index (χ1n) is 35.3. The zero-order valence-electron chi connectivity index (χ0n) is 56.6. The third-order valence-electron chi connectivity index (χ3n) is 16.3. The van der Waals surface area contributed by atoms with E-state index < -0.39 is 97.5 Å². The number of hydrogen-bond acceptors (Lipinski definition) is 15. The second-order valence-electron chi connectivity index (χ2n) is 26.0. The van der Waals surface area contributed by atoms with Gasteiger partial charge in [-0.25, -0.2) is 9.13 Å². The van der Waals surface area contributed by atoms with Crippen LogP contribution in [0.5, 0.6) is 0 Å². The molecule has 516 valence electrons. The SMILES string of the molecule is CCC(C)CCCCCCCCC(=O)OC[C@H](COP(=O)(O)OCC(O)COP(=O)(O)OC[C@@H](COC(=O)CCCCCCCCCCC(C)C)OC(=O)CCCCCCCCC(C)CC)OC(=O)CCCCCCCCCCCCCCCC(C)C. The molecule has 0 radical (unpaired) electrons. The van der Waals surface area contributed by atoms with Crippen LogP contribution in [0, 0.1) is 23.7 Å². The smallest absolute Gasteiger partial charge is 0.462 e. The van der Waals surface area contributed by atoms with E-state index in [0.29, 0.717) is 25.7 Å². The lowest BCUT2D eigenvalue weighted by atomic mass is 10.00. The lowest BCUT2D eigenvalue weighted by molar-refractivity contribution is -0.161. The van der Waals surface area contributed by atoms with Crippen LogP contribution in [-0.4, -0.2) is 96.7 Å². The largest absolute Gasteiger partial charge is 0.472 e. The highest BCUT2D eigenvalue weighted by molar-refractivity contribution is 7.47. The molecule has 0 saturated carbocycles. The molecule has 3 N–H and O–H groups in total. The van der Waals surface area contributed by atoms with E-state index in [0.717, 1.165) is 120 Å². The van der Waals surface area contributed by atoms with Gasteiger partial charge < -0.3 is 33.8 Å². The molecule has 0 saturated heterocycles. The van der Waals surface area contributed by atoms with Crippen molar-refractivity contribution in [3.8, 4) is 0 Å². The summed E-state index contributed by atoms with van der Waals surface area (Å²) in [6.07, 6.45) is 39.0. The third kappa shape index (κ3) is 60.1. The predicted octanol–water partition coefficient (Wildman–Crippen LogP) is 18.9. The Morgan fingerprint density at radius 3 is 0.816 bits per heavy atom. The number of aliphatic hydroxyl groups is 1. The van der Waals surface area contributed by atoms with E-state index in [-0.39, 0.29) is 25.7 Å². The van der Waals surface area contributed by atoms with Gasteiger partial charge in [0.15, 0.2) is 12.2 Å². The number of esters is 4. The van der Waals surface area contributed by atoms with E-state index in [1.165, 1.54) is 128 Å². The monoisotopic (exact) mass is 1280 g/mol. The van der Waals surface area contributed by atoms with E-state index in [9.17, 15) is 43.2 Å². The average molecular weight is 1280 g/mol. The topological polar surface area (TPSA) is 237 Å². The van der Waals surface area contributed by atoms with Crippen LogP contribution in [0.2, 0.25) is 0 Å². The molecule has 0 aromatic rings. The minimum Gasteiger partial charge on any atom is -0.462 e. The molecule has 0 aromatic heterocycles. The molecule has 17 nitrogen and oxygen atoms in total. The Hall–Kier alpha value is -1.94. The van der Waals surface area contributed by atoms with Crippen molar-refractivity contribution < 1.29 is 80.2 Å². The number of phosphoric ester groups is 2. The number of ether oxygens (including phenoxy) is 4. The fourth-order valence-electron chi connectivity index (χ4n) is 10.1. The van der Waals surface area contributed by atoms with Gasteiger partial charge in [-0.05, 0) is 49.4 Å². The fraction of sp³-hybridized carbons (Fsp3) is 0.941. The highest BCUT2D eigenvalue weighted by Gasteiger charge is 2.30. The van der Waals surface area contributed by atoms with Crippen LogP contribution in [0.25, 0.3) is 0 Å². The van der Waals surface area contributed by atoms with Crippen LogP contribution in [0.1, 0.15) is 331 Å². The lowest BCUT2D eigenvalue weighted by Gasteiger charge is -2.21. The molecular weight excluding hydrogens is 1150 g/mol. The van der Waals surface area contributed by atoms with Gasteiger partial charge in [0, 0.05) is 25.7 Å². The molecule has 0 amide bonds. The highest BCUT2D eigenvalue weighted by atomic mass is 31.2. The zero-order valence-corrected chi connectivity index (χ0v) is 58.4. The molecule has 0 aliphatic carbocycles. The third-order valence-corrected chi connectivity index (χ3v) is 18.2. The van der Waals surface area contributed by atoms with Gasteiger partial charge in [-0.3, -0.25) is 37.3 Å². The Labute approximate surface area is 530 Å². The van der Waals surface area contributed by atoms with Crippen LogP contribution >= 0.6 is 15.6 Å². The van der Waals surface area contributed by atoms with Gasteiger partial charge >= 0.3 is 39.5 Å². The summed E-state index contributed by atoms with van der Waals surface area (Å²) < 4.78 is 68.2. The van der Waals surface area contributed by atoms with Gasteiger partial charge in [0.2, 0.25) is 0 Å². The summed E-state index contributed by atoms with van der Waals surface area (Å²) in [7, 11) is -9.90. The van der Waals surface area contributed by atoms with Crippen molar-refractivity contribution >= 4 is 39.5 Å². The van der Waals surface area contributed by atoms with Crippen molar-refractivity contribution in [2.45, 2.75) is 350 Å². The number of hydrogen-bond donors (Lipinski definition) is 3. The summed E-state index contributed by atoms with van der Waals surface area (Å²) in [6.45, 7) is 14.0. The van der Waals surface area contributed by atoms with E-state index in [2.05, 4.69) is 55.4 Å². The lowest BCUT2D eigenvalue weighted by Crippen LogP contribution is -2.30. The summed E-state index contributed by atoms with van der Waals surface area (Å²) in [5, 5.41) is 10.6. The Kier molecular flexibility index (Phi) is 56.6. The molecule has 19 heteroatoms. The van der Waals surface area contributed by atoms with Gasteiger partial charge in [0.1, 0.15) is 19.3 Å². The summed E-state index contributed by atoms with van der Waals surface area (Å²) >= 11 is 0. The maximum Gasteiger partial charge on any atom is 0.472 e. The van der Waals surface area contributed by atoms with Crippen LogP contribution in [0.15, 0.2) is 0 Å². The second-order valence-corrected chi connectivity index (χ2v) is 28.9. The average Bonchev–Trinajstić information content (AvgIpc) is 3.70. The first-order valence-corrected chi connectivity index (χ1v) is 38.3. The van der Waals surface area contributed by atoms with E-state index >= 15 is 0 Å². The van der Waals surface area contributed by atoms with E-state index in [1.54, 1.807) is 0 Å². The molecule has 0 aliphatic heterocycles. The maximum atomic E-state index is 13.0. The molecule has 0 aromatic carbocycles. The number of carbonyl (C=O) groups is 4. The Bertz CT molecular complexity index is 1730. The number of rotatable bonds is 65. The Balaban J connectivity index is 5.24. The van der Waals surface area contributed by atoms with Crippen LogP contribution in [0.3, 0.4) is 0 Å². The maximum absolute atomic E-state index is 13.0. The molecule has 7 atom stereocenters. The molecule has 0 spiro atoms. The number of carbonyl (C=O) groups excluding carboxylic acids is 4. The first kappa shape index (κ1) is 85.1. The number of aliphatic hydroxyl groups excluding tert-OH is 1. The van der Waals surface area contributed by atoms with Crippen LogP contribution < -0.4 is 0 Å². The molecule has 0 fully saturated rings. The minimum absolute atomic E-state index is 0.102. The van der Waals surface area contributed by atoms with Crippen molar-refractivity contribution in [1.29, 1.82) is 0 Å². The Morgan fingerprint density at radius 1 is 0.322 bits per heavy atom. The zero-order chi connectivity index (χ0) is 64.7. The van der Waals surface area contributed by atoms with E-state index in [1.807, 2.05) is 0 Å².